The van der Waals surface area contributed by atoms with Crippen LogP contribution in [-0.4, -0.2) is 4.98 Å². The maximum Gasteiger partial charge on any atom is 0.124 e. The highest BCUT2D eigenvalue weighted by molar-refractivity contribution is 9.10. The molecule has 1 heterocycles. The molecule has 0 aliphatic heterocycles. The first-order valence-corrected chi connectivity index (χ1v) is 7.13. The van der Waals surface area contributed by atoms with Gasteiger partial charge in [0.05, 0.1) is 10.4 Å². The van der Waals surface area contributed by atoms with E-state index in [9.17, 15) is 0 Å². The first kappa shape index (κ1) is 12.6. The number of halogens is 1. The fourth-order valence-corrected chi connectivity index (χ4v) is 2.45. The normalized spacial score (nSPS) is 10.8. The Kier molecular flexibility index (Phi) is 4.18. The summed E-state index contributed by atoms with van der Waals surface area (Å²) in [6.07, 6.45) is 1.85. The van der Waals surface area contributed by atoms with Crippen LogP contribution in [0, 0.1) is 0 Å². The molecule has 2 nitrogen and oxygen atoms in total. The fourth-order valence-electron chi connectivity index (χ4n) is 1.56. The van der Waals surface area contributed by atoms with Crippen LogP contribution >= 0.6 is 27.3 Å². The van der Waals surface area contributed by atoms with Gasteiger partial charge in [0, 0.05) is 10.7 Å². The molecule has 0 unspecified atom stereocenters. The molecule has 0 bridgehead atoms. The van der Waals surface area contributed by atoms with E-state index in [4.69, 9.17) is 4.74 Å². The summed E-state index contributed by atoms with van der Waals surface area (Å²) in [4.78, 5) is 5.18. The Bertz CT molecular complexity index is 482. The predicted octanol–water partition coefficient (Wildman–Crippen LogP) is 4.61. The molecule has 0 aliphatic carbocycles. The highest BCUT2D eigenvalue weighted by atomic mass is 79.9. The average Bonchev–Trinajstić information content (AvgIpc) is 2.80. The zero-order valence-corrected chi connectivity index (χ0v) is 12.2. The Morgan fingerprint density at radius 2 is 2.24 bits per heavy atom. The lowest BCUT2D eigenvalue weighted by atomic mass is 10.0. The number of ether oxygens (including phenoxy) is 1. The smallest absolute Gasteiger partial charge is 0.124 e. The molecule has 90 valence electrons. The van der Waals surface area contributed by atoms with Crippen LogP contribution in [0.15, 0.2) is 34.4 Å². The van der Waals surface area contributed by atoms with Gasteiger partial charge in [0.2, 0.25) is 0 Å². The van der Waals surface area contributed by atoms with Crippen LogP contribution in [0.1, 0.15) is 30.2 Å². The van der Waals surface area contributed by atoms with E-state index in [0.29, 0.717) is 12.5 Å². The maximum absolute atomic E-state index is 5.85. The van der Waals surface area contributed by atoms with Crippen LogP contribution in [0.4, 0.5) is 0 Å². The van der Waals surface area contributed by atoms with E-state index in [0.717, 1.165) is 15.1 Å². The quantitative estimate of drug-likeness (QED) is 0.822. The van der Waals surface area contributed by atoms with Crippen molar-refractivity contribution in [3.05, 3.63) is 44.8 Å². The molecule has 1 aromatic carbocycles. The first-order chi connectivity index (χ1) is 8.16. The topological polar surface area (TPSA) is 22.1 Å². The number of benzene rings is 1. The van der Waals surface area contributed by atoms with Crippen LogP contribution in [-0.2, 0) is 6.61 Å². The van der Waals surface area contributed by atoms with Crippen molar-refractivity contribution >= 4 is 27.3 Å². The minimum Gasteiger partial charge on any atom is -0.488 e. The minimum absolute atomic E-state index is 0.448. The second-order valence-electron chi connectivity index (χ2n) is 4.09. The Labute approximate surface area is 114 Å². The third-order valence-electron chi connectivity index (χ3n) is 2.45. The Morgan fingerprint density at radius 3 is 2.88 bits per heavy atom. The van der Waals surface area contributed by atoms with E-state index >= 15 is 0 Å². The summed E-state index contributed by atoms with van der Waals surface area (Å²) >= 11 is 5.11. The number of thiazole rings is 1. The predicted molar refractivity (Wildman–Crippen MR) is 74.7 cm³/mol. The molecule has 0 aliphatic rings. The minimum atomic E-state index is 0.448. The van der Waals surface area contributed by atoms with Gasteiger partial charge < -0.3 is 4.74 Å². The molecule has 0 saturated carbocycles. The second kappa shape index (κ2) is 5.65. The first-order valence-electron chi connectivity index (χ1n) is 5.46. The van der Waals surface area contributed by atoms with Gasteiger partial charge in [0.1, 0.15) is 12.4 Å². The molecular formula is C13H14BrNOS. The fraction of sp³-hybridized carbons (Fsp3) is 0.308. The van der Waals surface area contributed by atoms with Crippen molar-refractivity contribution in [1.29, 1.82) is 0 Å². The monoisotopic (exact) mass is 311 g/mol. The molecule has 0 N–H and O–H groups in total. The molecule has 0 spiro atoms. The molecular weight excluding hydrogens is 298 g/mol. The van der Waals surface area contributed by atoms with Crippen LogP contribution < -0.4 is 4.74 Å². The average molecular weight is 312 g/mol. The molecule has 1 aromatic heterocycles. The zero-order chi connectivity index (χ0) is 12.3. The van der Waals surface area contributed by atoms with Gasteiger partial charge >= 0.3 is 0 Å². The van der Waals surface area contributed by atoms with Gasteiger partial charge in [0.15, 0.2) is 0 Å². The van der Waals surface area contributed by atoms with Gasteiger partial charge in [-0.2, -0.15) is 0 Å². The summed E-state index contributed by atoms with van der Waals surface area (Å²) in [5.74, 6) is 1.40. The van der Waals surface area contributed by atoms with Crippen molar-refractivity contribution in [3.63, 3.8) is 0 Å². The second-order valence-corrected chi connectivity index (χ2v) is 5.98. The Morgan fingerprint density at radius 1 is 1.41 bits per heavy atom. The lowest BCUT2D eigenvalue weighted by Gasteiger charge is -2.13. The third-order valence-corrected chi connectivity index (χ3v) is 3.69. The lowest BCUT2D eigenvalue weighted by molar-refractivity contribution is 0.305. The van der Waals surface area contributed by atoms with Crippen molar-refractivity contribution in [1.82, 2.24) is 4.98 Å². The van der Waals surface area contributed by atoms with Crippen molar-refractivity contribution in [2.75, 3.05) is 0 Å². The number of aromatic nitrogens is 1. The van der Waals surface area contributed by atoms with Crippen molar-refractivity contribution in [2.24, 2.45) is 0 Å². The SMILES string of the molecule is CC(C)c1cc(Br)ccc1OCc1cncs1. The molecule has 17 heavy (non-hydrogen) atoms. The van der Waals surface area contributed by atoms with Gasteiger partial charge in [-0.3, -0.25) is 4.98 Å². The molecule has 0 fully saturated rings. The molecule has 4 heteroatoms. The Hall–Kier alpha value is -0.870. The number of hydrogen-bond donors (Lipinski definition) is 0. The van der Waals surface area contributed by atoms with Crippen LogP contribution in [0.2, 0.25) is 0 Å². The highest BCUT2D eigenvalue weighted by Crippen LogP contribution is 2.30. The Balaban J connectivity index is 2.14. The van der Waals surface area contributed by atoms with Crippen molar-refractivity contribution < 1.29 is 4.74 Å². The van der Waals surface area contributed by atoms with Gasteiger partial charge in [-0.15, -0.1) is 11.3 Å². The highest BCUT2D eigenvalue weighted by Gasteiger charge is 2.09. The largest absolute Gasteiger partial charge is 0.488 e. The van der Waals surface area contributed by atoms with Crippen LogP contribution in [0.25, 0.3) is 0 Å². The van der Waals surface area contributed by atoms with Crippen LogP contribution in [0.3, 0.4) is 0 Å². The maximum atomic E-state index is 5.85. The number of rotatable bonds is 4. The molecule has 0 amide bonds. The van der Waals surface area contributed by atoms with Gasteiger partial charge in [0.25, 0.3) is 0 Å². The van der Waals surface area contributed by atoms with E-state index in [1.165, 1.54) is 5.56 Å². The van der Waals surface area contributed by atoms with E-state index in [2.05, 4.69) is 40.8 Å². The lowest BCUT2D eigenvalue weighted by Crippen LogP contribution is -1.98. The van der Waals surface area contributed by atoms with Crippen molar-refractivity contribution in [3.8, 4) is 5.75 Å². The summed E-state index contributed by atoms with van der Waals surface area (Å²) in [5, 5.41) is 0. The van der Waals surface area contributed by atoms with E-state index in [-0.39, 0.29) is 0 Å². The summed E-state index contributed by atoms with van der Waals surface area (Å²) in [5.41, 5.74) is 3.05. The molecule has 0 atom stereocenters. The molecule has 2 rings (SSSR count). The van der Waals surface area contributed by atoms with Crippen molar-refractivity contribution in [2.45, 2.75) is 26.4 Å². The van der Waals surface area contributed by atoms with E-state index in [1.807, 2.05) is 23.8 Å². The summed E-state index contributed by atoms with van der Waals surface area (Å²) < 4.78 is 6.94. The molecule has 0 radical (unpaired) electrons. The van der Waals surface area contributed by atoms with Gasteiger partial charge in [-0.25, -0.2) is 0 Å². The summed E-state index contributed by atoms with van der Waals surface area (Å²) in [7, 11) is 0. The number of hydrogen-bond acceptors (Lipinski definition) is 3. The molecule has 2 aromatic rings. The molecule has 0 saturated heterocycles. The zero-order valence-electron chi connectivity index (χ0n) is 9.81. The number of nitrogens with zero attached hydrogens (tertiary/aromatic N) is 1. The standard InChI is InChI=1S/C13H14BrNOS/c1-9(2)12-5-10(14)3-4-13(12)16-7-11-6-15-8-17-11/h3-6,8-9H,7H2,1-2H3. The third kappa shape index (κ3) is 3.30. The van der Waals surface area contributed by atoms with Gasteiger partial charge in [-0.05, 0) is 29.7 Å². The summed E-state index contributed by atoms with van der Waals surface area (Å²) in [6.45, 7) is 4.93. The van der Waals surface area contributed by atoms with E-state index < -0.39 is 0 Å². The summed E-state index contributed by atoms with van der Waals surface area (Å²) in [6, 6.07) is 6.14. The van der Waals surface area contributed by atoms with Gasteiger partial charge in [-0.1, -0.05) is 29.8 Å². The van der Waals surface area contributed by atoms with E-state index in [1.54, 1.807) is 11.3 Å². The van der Waals surface area contributed by atoms with Crippen LogP contribution in [0.5, 0.6) is 5.75 Å².